The number of halogens is 5. The molecule has 0 aliphatic heterocycles. The van der Waals surface area contributed by atoms with Crippen LogP contribution in [0.1, 0.15) is 17.2 Å². The van der Waals surface area contributed by atoms with E-state index in [1.807, 2.05) is 0 Å². The second kappa shape index (κ2) is 9.04. The largest absolute Gasteiger partial charge is 0.322 e. The lowest BCUT2D eigenvalue weighted by Gasteiger charge is -2.29. The SMILES string of the molecule is N/N=C\N(N)CC(c1ccc(F)cc1F)C(F)(F)c1cnc(-c2ccc(F)cc2)cn1. The quantitative estimate of drug-likeness (QED) is 0.194. The summed E-state index contributed by atoms with van der Waals surface area (Å²) in [6.07, 6.45) is 2.81. The highest BCUT2D eigenvalue weighted by atomic mass is 19.3. The first-order valence-electron chi connectivity index (χ1n) is 8.88. The van der Waals surface area contributed by atoms with Crippen LogP contribution in [0.5, 0.6) is 0 Å². The topological polar surface area (TPSA) is 93.4 Å². The maximum absolute atomic E-state index is 15.4. The Morgan fingerprint density at radius 2 is 1.68 bits per heavy atom. The van der Waals surface area contributed by atoms with Crippen LogP contribution in [0.4, 0.5) is 22.0 Å². The van der Waals surface area contributed by atoms with Crippen molar-refractivity contribution in [3.8, 4) is 11.3 Å². The molecule has 0 radical (unpaired) electrons. The molecule has 2 aromatic carbocycles. The van der Waals surface area contributed by atoms with Crippen molar-refractivity contribution in [2.24, 2.45) is 16.8 Å². The Hall–Kier alpha value is -3.60. The fourth-order valence-electron chi connectivity index (χ4n) is 2.98. The third-order valence-corrected chi connectivity index (χ3v) is 4.52. The van der Waals surface area contributed by atoms with Crippen LogP contribution in [-0.4, -0.2) is 27.9 Å². The van der Waals surface area contributed by atoms with Gasteiger partial charge in [-0.25, -0.2) is 19.0 Å². The van der Waals surface area contributed by atoms with Crippen LogP contribution in [0, 0.1) is 17.5 Å². The zero-order valence-electron chi connectivity index (χ0n) is 15.9. The van der Waals surface area contributed by atoms with E-state index in [-0.39, 0.29) is 5.69 Å². The lowest BCUT2D eigenvalue weighted by Crippen LogP contribution is -2.40. The molecule has 0 saturated heterocycles. The van der Waals surface area contributed by atoms with Crippen LogP contribution in [0.2, 0.25) is 0 Å². The number of nitrogens with two attached hydrogens (primary N) is 2. The van der Waals surface area contributed by atoms with Gasteiger partial charge in [-0.2, -0.15) is 13.9 Å². The van der Waals surface area contributed by atoms with Crippen molar-refractivity contribution in [2.75, 3.05) is 6.54 Å². The molecule has 11 heteroatoms. The Balaban J connectivity index is 1.99. The summed E-state index contributed by atoms with van der Waals surface area (Å²) in [5.41, 5.74) is -0.529. The summed E-state index contributed by atoms with van der Waals surface area (Å²) in [5.74, 6) is 2.41. The number of nitrogens with zero attached hydrogens (tertiary/aromatic N) is 4. The Morgan fingerprint density at radius 1 is 1.00 bits per heavy atom. The number of hydrogen-bond acceptors (Lipinski definition) is 5. The maximum Gasteiger partial charge on any atom is 0.299 e. The molecule has 1 atom stereocenters. The normalized spacial score (nSPS) is 12.8. The van der Waals surface area contributed by atoms with Crippen molar-refractivity contribution in [2.45, 2.75) is 11.8 Å². The van der Waals surface area contributed by atoms with E-state index in [1.54, 1.807) is 0 Å². The van der Waals surface area contributed by atoms with Gasteiger partial charge in [-0.1, -0.05) is 6.07 Å². The first-order valence-corrected chi connectivity index (χ1v) is 8.88. The molecule has 6 nitrogen and oxygen atoms in total. The zero-order chi connectivity index (χ0) is 22.6. The molecular weight excluding hydrogens is 419 g/mol. The van der Waals surface area contributed by atoms with E-state index in [2.05, 4.69) is 15.1 Å². The number of alkyl halides is 2. The smallest absolute Gasteiger partial charge is 0.299 e. The van der Waals surface area contributed by atoms with Gasteiger partial charge in [0.1, 0.15) is 29.5 Å². The van der Waals surface area contributed by atoms with E-state index in [0.29, 0.717) is 11.6 Å². The summed E-state index contributed by atoms with van der Waals surface area (Å²) in [5, 5.41) is 3.90. The molecule has 0 saturated carbocycles. The Morgan fingerprint density at radius 3 is 2.26 bits per heavy atom. The van der Waals surface area contributed by atoms with Gasteiger partial charge in [0.05, 0.1) is 24.0 Å². The second-order valence-corrected chi connectivity index (χ2v) is 6.60. The van der Waals surface area contributed by atoms with Gasteiger partial charge in [0.2, 0.25) is 0 Å². The van der Waals surface area contributed by atoms with Crippen molar-refractivity contribution >= 4 is 6.34 Å². The fraction of sp³-hybridized carbons (Fsp3) is 0.150. The molecule has 0 spiro atoms. The number of aromatic nitrogens is 2. The van der Waals surface area contributed by atoms with Gasteiger partial charge in [-0.05, 0) is 35.9 Å². The Labute approximate surface area is 174 Å². The minimum atomic E-state index is -3.76. The summed E-state index contributed by atoms with van der Waals surface area (Å²) in [6, 6.07) is 7.52. The van der Waals surface area contributed by atoms with Gasteiger partial charge in [0.25, 0.3) is 5.92 Å². The summed E-state index contributed by atoms with van der Waals surface area (Å²) in [6.45, 7) is -0.613. The van der Waals surface area contributed by atoms with Crippen molar-refractivity contribution in [1.29, 1.82) is 0 Å². The van der Waals surface area contributed by atoms with Crippen LogP contribution in [0.25, 0.3) is 11.3 Å². The van der Waals surface area contributed by atoms with Gasteiger partial charge in [0.15, 0.2) is 0 Å². The Bertz CT molecular complexity index is 1060. The second-order valence-electron chi connectivity index (χ2n) is 6.60. The number of hydrazine groups is 1. The van der Waals surface area contributed by atoms with Crippen LogP contribution >= 0.6 is 0 Å². The standard InChI is InChI=1S/C20H17F5N6/c21-13-3-1-12(2-4-13)18-8-29-19(9-28-18)20(24,25)16(10-31(27)11-30-26)15-6-5-14(22)7-17(15)23/h1-9,11,16H,10,26-27H2/b30-11-. The van der Waals surface area contributed by atoms with E-state index in [0.717, 1.165) is 35.9 Å². The first-order chi connectivity index (χ1) is 14.7. The molecule has 3 aromatic rings. The molecule has 0 aliphatic rings. The molecule has 0 aliphatic carbocycles. The molecular formula is C20H17F5N6. The lowest BCUT2D eigenvalue weighted by molar-refractivity contribution is -0.0446. The summed E-state index contributed by atoms with van der Waals surface area (Å²) in [7, 11) is 0. The van der Waals surface area contributed by atoms with Crippen molar-refractivity contribution < 1.29 is 22.0 Å². The molecule has 4 N–H and O–H groups in total. The van der Waals surface area contributed by atoms with Crippen molar-refractivity contribution in [3.05, 3.63) is 83.6 Å². The van der Waals surface area contributed by atoms with Gasteiger partial charge in [-0.15, -0.1) is 0 Å². The number of hydrazone groups is 1. The highest BCUT2D eigenvalue weighted by molar-refractivity contribution is 5.57. The van der Waals surface area contributed by atoms with Crippen LogP contribution in [0.3, 0.4) is 0 Å². The third-order valence-electron chi connectivity index (χ3n) is 4.52. The van der Waals surface area contributed by atoms with Crippen molar-refractivity contribution in [1.82, 2.24) is 15.0 Å². The number of rotatable bonds is 7. The number of hydrogen-bond donors (Lipinski definition) is 2. The lowest BCUT2D eigenvalue weighted by atomic mass is 9.89. The van der Waals surface area contributed by atoms with E-state index in [4.69, 9.17) is 11.7 Å². The van der Waals surface area contributed by atoms with Crippen LogP contribution in [-0.2, 0) is 5.92 Å². The highest BCUT2D eigenvalue weighted by Gasteiger charge is 2.45. The minimum absolute atomic E-state index is 0.236. The molecule has 31 heavy (non-hydrogen) atoms. The van der Waals surface area contributed by atoms with E-state index in [9.17, 15) is 13.2 Å². The monoisotopic (exact) mass is 436 g/mol. The number of benzene rings is 2. The Kier molecular flexibility index (Phi) is 6.44. The maximum atomic E-state index is 15.4. The predicted molar refractivity (Wildman–Crippen MR) is 104 cm³/mol. The molecule has 0 bridgehead atoms. The van der Waals surface area contributed by atoms with E-state index in [1.165, 1.54) is 24.3 Å². The summed E-state index contributed by atoms with van der Waals surface area (Å²) >= 11 is 0. The average Bonchev–Trinajstić information content (AvgIpc) is 2.73. The van der Waals surface area contributed by atoms with Crippen LogP contribution in [0.15, 0.2) is 60.0 Å². The van der Waals surface area contributed by atoms with E-state index < -0.39 is 47.1 Å². The summed E-state index contributed by atoms with van der Waals surface area (Å²) in [4.78, 5) is 7.74. The van der Waals surface area contributed by atoms with Crippen LogP contribution < -0.4 is 11.7 Å². The third kappa shape index (κ3) is 4.94. The minimum Gasteiger partial charge on any atom is -0.322 e. The molecule has 0 amide bonds. The molecule has 1 heterocycles. The van der Waals surface area contributed by atoms with Gasteiger partial charge in [-0.3, -0.25) is 15.0 Å². The van der Waals surface area contributed by atoms with Gasteiger partial charge < -0.3 is 5.84 Å². The molecule has 1 unspecified atom stereocenters. The van der Waals surface area contributed by atoms with Gasteiger partial charge in [0, 0.05) is 18.2 Å². The zero-order valence-corrected chi connectivity index (χ0v) is 15.9. The van der Waals surface area contributed by atoms with E-state index >= 15 is 8.78 Å². The fourth-order valence-corrected chi connectivity index (χ4v) is 2.98. The van der Waals surface area contributed by atoms with Crippen molar-refractivity contribution in [3.63, 3.8) is 0 Å². The van der Waals surface area contributed by atoms with Gasteiger partial charge >= 0.3 is 0 Å². The summed E-state index contributed by atoms with van der Waals surface area (Å²) < 4.78 is 71.5. The molecule has 3 rings (SSSR count). The first kappa shape index (κ1) is 22.1. The molecule has 1 aromatic heterocycles. The predicted octanol–water partition coefficient (Wildman–Crippen LogP) is 3.51. The average molecular weight is 436 g/mol. The highest BCUT2D eigenvalue weighted by Crippen LogP contribution is 2.42. The molecule has 162 valence electrons. The molecule has 0 fully saturated rings.